The van der Waals surface area contributed by atoms with Crippen LogP contribution < -0.4 is 10.6 Å². The van der Waals surface area contributed by atoms with Gasteiger partial charge in [0.05, 0.1) is 0 Å². The lowest BCUT2D eigenvalue weighted by molar-refractivity contribution is 0.504. The van der Waals surface area contributed by atoms with Gasteiger partial charge in [0.2, 0.25) is 0 Å². The Hall–Kier alpha value is -0.380. The zero-order valence-electron chi connectivity index (χ0n) is 10.8. The summed E-state index contributed by atoms with van der Waals surface area (Å²) in [4.78, 5) is 0. The van der Waals surface area contributed by atoms with Crippen LogP contribution in [-0.4, -0.2) is 25.7 Å². The molecule has 2 nitrogen and oxygen atoms in total. The minimum atomic E-state index is 0.539. The summed E-state index contributed by atoms with van der Waals surface area (Å²) < 4.78 is 1.14. The molecule has 1 aromatic rings. The van der Waals surface area contributed by atoms with Crippen molar-refractivity contribution in [3.05, 3.63) is 34.3 Å². The fourth-order valence-electron chi connectivity index (χ4n) is 1.68. The standard InChI is InChI=1S/C14H23BrN2/c1-3-9-16-11-12(2)17-10-8-13-4-6-14(15)7-5-13/h4-7,12,16-17H,3,8-11H2,1-2H3. The first-order valence-corrected chi connectivity index (χ1v) is 7.20. The maximum absolute atomic E-state index is 3.53. The zero-order chi connectivity index (χ0) is 12.5. The van der Waals surface area contributed by atoms with Crippen LogP contribution >= 0.6 is 15.9 Å². The molecule has 0 radical (unpaired) electrons. The molecule has 0 saturated heterocycles. The predicted octanol–water partition coefficient (Wildman–Crippen LogP) is 2.97. The maximum atomic E-state index is 3.53. The highest BCUT2D eigenvalue weighted by atomic mass is 79.9. The summed E-state index contributed by atoms with van der Waals surface area (Å²) in [5.41, 5.74) is 1.38. The molecule has 0 aliphatic rings. The smallest absolute Gasteiger partial charge is 0.0175 e. The number of hydrogen-bond donors (Lipinski definition) is 2. The Labute approximate surface area is 113 Å². The minimum Gasteiger partial charge on any atom is -0.315 e. The first kappa shape index (κ1) is 14.7. The van der Waals surface area contributed by atoms with E-state index < -0.39 is 0 Å². The fraction of sp³-hybridized carbons (Fsp3) is 0.571. The van der Waals surface area contributed by atoms with E-state index in [9.17, 15) is 0 Å². The van der Waals surface area contributed by atoms with Gasteiger partial charge in [0.25, 0.3) is 0 Å². The van der Waals surface area contributed by atoms with Crippen molar-refractivity contribution in [2.45, 2.75) is 32.7 Å². The molecule has 2 N–H and O–H groups in total. The molecule has 1 rings (SSSR count). The Balaban J connectivity index is 2.12. The molecule has 0 fully saturated rings. The third kappa shape index (κ3) is 6.81. The Morgan fingerprint density at radius 3 is 2.53 bits per heavy atom. The molecule has 0 amide bonds. The largest absolute Gasteiger partial charge is 0.315 e. The molecule has 0 spiro atoms. The lowest BCUT2D eigenvalue weighted by Gasteiger charge is -2.14. The average Bonchev–Trinajstić information content (AvgIpc) is 2.32. The molecule has 1 atom stereocenters. The van der Waals surface area contributed by atoms with Gasteiger partial charge in [-0.15, -0.1) is 0 Å². The van der Waals surface area contributed by atoms with Crippen LogP contribution in [0.5, 0.6) is 0 Å². The zero-order valence-corrected chi connectivity index (χ0v) is 12.4. The summed E-state index contributed by atoms with van der Waals surface area (Å²) >= 11 is 3.45. The van der Waals surface area contributed by atoms with E-state index in [4.69, 9.17) is 0 Å². The van der Waals surface area contributed by atoms with Crippen LogP contribution in [0.15, 0.2) is 28.7 Å². The molecule has 1 unspecified atom stereocenters. The van der Waals surface area contributed by atoms with Crippen LogP contribution in [-0.2, 0) is 6.42 Å². The molecule has 1 aromatic carbocycles. The van der Waals surface area contributed by atoms with Crippen LogP contribution in [0, 0.1) is 0 Å². The number of halogens is 1. The summed E-state index contributed by atoms with van der Waals surface area (Å²) in [7, 11) is 0. The first-order valence-electron chi connectivity index (χ1n) is 6.41. The van der Waals surface area contributed by atoms with Gasteiger partial charge in [-0.25, -0.2) is 0 Å². The summed E-state index contributed by atoms with van der Waals surface area (Å²) in [5.74, 6) is 0. The van der Waals surface area contributed by atoms with Gasteiger partial charge >= 0.3 is 0 Å². The highest BCUT2D eigenvalue weighted by molar-refractivity contribution is 9.10. The molecule has 0 bridgehead atoms. The Morgan fingerprint density at radius 2 is 1.88 bits per heavy atom. The van der Waals surface area contributed by atoms with Gasteiger partial charge in [-0.1, -0.05) is 35.0 Å². The van der Waals surface area contributed by atoms with Gasteiger partial charge in [-0.3, -0.25) is 0 Å². The second-order valence-corrected chi connectivity index (χ2v) is 5.35. The van der Waals surface area contributed by atoms with Crippen molar-refractivity contribution < 1.29 is 0 Å². The van der Waals surface area contributed by atoms with Crippen molar-refractivity contribution >= 4 is 15.9 Å². The molecule has 0 heterocycles. The Morgan fingerprint density at radius 1 is 1.18 bits per heavy atom. The summed E-state index contributed by atoms with van der Waals surface area (Å²) in [5, 5.41) is 6.95. The molecule has 96 valence electrons. The van der Waals surface area contributed by atoms with Gasteiger partial charge in [0.1, 0.15) is 0 Å². The predicted molar refractivity (Wildman–Crippen MR) is 78.5 cm³/mol. The van der Waals surface area contributed by atoms with Crippen molar-refractivity contribution in [2.75, 3.05) is 19.6 Å². The van der Waals surface area contributed by atoms with E-state index in [1.807, 2.05) is 0 Å². The summed E-state index contributed by atoms with van der Waals surface area (Å²) in [6, 6.07) is 9.08. The lowest BCUT2D eigenvalue weighted by atomic mass is 10.1. The fourth-order valence-corrected chi connectivity index (χ4v) is 1.95. The van der Waals surface area contributed by atoms with E-state index >= 15 is 0 Å². The molecule has 0 aliphatic carbocycles. The molecule has 17 heavy (non-hydrogen) atoms. The topological polar surface area (TPSA) is 24.1 Å². The van der Waals surface area contributed by atoms with E-state index in [-0.39, 0.29) is 0 Å². The van der Waals surface area contributed by atoms with E-state index in [2.05, 4.69) is 64.7 Å². The van der Waals surface area contributed by atoms with Crippen molar-refractivity contribution in [2.24, 2.45) is 0 Å². The van der Waals surface area contributed by atoms with Crippen molar-refractivity contribution in [3.8, 4) is 0 Å². The SMILES string of the molecule is CCCNCC(C)NCCc1ccc(Br)cc1. The summed E-state index contributed by atoms with van der Waals surface area (Å²) in [6.45, 7) is 7.62. The third-order valence-electron chi connectivity index (χ3n) is 2.70. The van der Waals surface area contributed by atoms with Crippen LogP contribution in [0.4, 0.5) is 0 Å². The van der Waals surface area contributed by atoms with Gasteiger partial charge < -0.3 is 10.6 Å². The van der Waals surface area contributed by atoms with E-state index in [0.29, 0.717) is 6.04 Å². The lowest BCUT2D eigenvalue weighted by Crippen LogP contribution is -2.37. The van der Waals surface area contributed by atoms with Crippen LogP contribution in [0.2, 0.25) is 0 Å². The molecule has 3 heteroatoms. The number of nitrogens with one attached hydrogen (secondary N) is 2. The molecular formula is C14H23BrN2. The van der Waals surface area contributed by atoms with Crippen molar-refractivity contribution in [1.82, 2.24) is 10.6 Å². The molecule has 0 saturated carbocycles. The van der Waals surface area contributed by atoms with Crippen molar-refractivity contribution in [1.29, 1.82) is 0 Å². The number of hydrogen-bond acceptors (Lipinski definition) is 2. The normalized spacial score (nSPS) is 12.6. The van der Waals surface area contributed by atoms with Crippen molar-refractivity contribution in [3.63, 3.8) is 0 Å². The Bertz CT molecular complexity index is 298. The minimum absolute atomic E-state index is 0.539. The van der Waals surface area contributed by atoms with Crippen LogP contribution in [0.1, 0.15) is 25.8 Å². The number of benzene rings is 1. The number of rotatable bonds is 8. The summed E-state index contributed by atoms with van der Waals surface area (Å²) in [6.07, 6.45) is 2.29. The van der Waals surface area contributed by atoms with E-state index in [0.717, 1.165) is 30.5 Å². The van der Waals surface area contributed by atoms with Crippen LogP contribution in [0.3, 0.4) is 0 Å². The Kier molecular flexibility index (Phi) is 7.49. The quantitative estimate of drug-likeness (QED) is 0.721. The highest BCUT2D eigenvalue weighted by Gasteiger charge is 2.00. The second-order valence-electron chi connectivity index (χ2n) is 4.44. The van der Waals surface area contributed by atoms with Crippen LogP contribution in [0.25, 0.3) is 0 Å². The van der Waals surface area contributed by atoms with E-state index in [1.54, 1.807) is 0 Å². The first-order chi connectivity index (χ1) is 8.22. The molecular weight excluding hydrogens is 276 g/mol. The molecule has 0 aliphatic heterocycles. The van der Waals surface area contributed by atoms with Gasteiger partial charge in [-0.05, 0) is 50.6 Å². The average molecular weight is 299 g/mol. The van der Waals surface area contributed by atoms with E-state index in [1.165, 1.54) is 12.0 Å². The van der Waals surface area contributed by atoms with Gasteiger partial charge in [0, 0.05) is 17.1 Å². The van der Waals surface area contributed by atoms with Gasteiger partial charge in [0.15, 0.2) is 0 Å². The highest BCUT2D eigenvalue weighted by Crippen LogP contribution is 2.10. The van der Waals surface area contributed by atoms with Gasteiger partial charge in [-0.2, -0.15) is 0 Å². The maximum Gasteiger partial charge on any atom is 0.0175 e. The second kappa shape index (κ2) is 8.67. The monoisotopic (exact) mass is 298 g/mol. The third-order valence-corrected chi connectivity index (χ3v) is 3.23. The molecule has 0 aromatic heterocycles.